The Morgan fingerprint density at radius 1 is 1.39 bits per heavy atom. The number of methoxy groups -OCH3 is 1. The first-order valence-corrected chi connectivity index (χ1v) is 8.36. The van der Waals surface area contributed by atoms with Gasteiger partial charge in [0.25, 0.3) is 11.5 Å². The highest BCUT2D eigenvalue weighted by Gasteiger charge is 2.36. The lowest BCUT2D eigenvalue weighted by atomic mass is 9.95. The number of halogens is 1. The van der Waals surface area contributed by atoms with Gasteiger partial charge in [-0.05, 0) is 24.8 Å². The van der Waals surface area contributed by atoms with Gasteiger partial charge in [0.15, 0.2) is 0 Å². The fourth-order valence-corrected chi connectivity index (χ4v) is 3.76. The molecule has 4 rings (SSSR count). The van der Waals surface area contributed by atoms with Gasteiger partial charge >= 0.3 is 0 Å². The molecule has 0 aliphatic carbocycles. The summed E-state index contributed by atoms with van der Waals surface area (Å²) in [5.41, 5.74) is 0.0734. The first kappa shape index (κ1) is 16.5. The minimum Gasteiger partial charge on any atom is -0.383 e. The molecule has 3 saturated heterocycles. The van der Waals surface area contributed by atoms with Crippen LogP contribution >= 0.6 is 11.6 Å². The zero-order chi connectivity index (χ0) is 16.4. The molecule has 3 aliphatic rings. The number of nitrogens with one attached hydrogen (secondary N) is 1. The molecule has 1 aromatic rings. The number of carbonyl (C=O) groups excluding carboxylic acids is 1. The van der Waals surface area contributed by atoms with Crippen LogP contribution in [0, 0.1) is 5.92 Å². The second kappa shape index (κ2) is 7.03. The van der Waals surface area contributed by atoms with E-state index in [1.165, 1.54) is 12.3 Å². The van der Waals surface area contributed by atoms with E-state index < -0.39 is 0 Å². The summed E-state index contributed by atoms with van der Waals surface area (Å²) in [5, 5.41) is 0.0513. The highest BCUT2D eigenvalue weighted by atomic mass is 35.5. The van der Waals surface area contributed by atoms with Gasteiger partial charge in [0.05, 0.1) is 12.2 Å². The largest absolute Gasteiger partial charge is 0.383 e. The Hall–Kier alpha value is -1.37. The summed E-state index contributed by atoms with van der Waals surface area (Å²) in [4.78, 5) is 31.0. The topological polar surface area (TPSA) is 65.6 Å². The van der Waals surface area contributed by atoms with Crippen LogP contribution in [0.3, 0.4) is 0 Å². The molecule has 1 N–H and O–H groups in total. The van der Waals surface area contributed by atoms with Crippen LogP contribution in [0.15, 0.2) is 17.1 Å². The van der Waals surface area contributed by atoms with Crippen LogP contribution in [-0.4, -0.2) is 66.6 Å². The van der Waals surface area contributed by atoms with Crippen molar-refractivity contribution in [2.45, 2.75) is 18.9 Å². The summed E-state index contributed by atoms with van der Waals surface area (Å²) in [7, 11) is 1.71. The van der Waals surface area contributed by atoms with E-state index in [4.69, 9.17) is 16.3 Å². The van der Waals surface area contributed by atoms with Gasteiger partial charge in [0, 0.05) is 45.5 Å². The van der Waals surface area contributed by atoms with Crippen molar-refractivity contribution in [3.05, 3.63) is 33.2 Å². The molecule has 1 aromatic heterocycles. The zero-order valence-electron chi connectivity index (χ0n) is 13.3. The second-order valence-corrected chi connectivity index (χ2v) is 6.77. The number of hydrogen-bond donors (Lipinski definition) is 1. The lowest BCUT2D eigenvalue weighted by Crippen LogP contribution is -2.45. The molecule has 4 heterocycles. The Labute approximate surface area is 140 Å². The van der Waals surface area contributed by atoms with E-state index in [0.29, 0.717) is 24.1 Å². The van der Waals surface area contributed by atoms with E-state index >= 15 is 0 Å². The molecule has 126 valence electrons. The molecule has 3 aliphatic heterocycles. The van der Waals surface area contributed by atoms with Crippen LogP contribution in [0.4, 0.5) is 0 Å². The fourth-order valence-electron chi connectivity index (χ4n) is 3.59. The number of aromatic nitrogens is 1. The van der Waals surface area contributed by atoms with Crippen molar-refractivity contribution in [1.29, 1.82) is 0 Å². The number of piperidine rings is 1. The summed E-state index contributed by atoms with van der Waals surface area (Å²) in [6, 6.07) is 1.84. The lowest BCUT2D eigenvalue weighted by molar-refractivity contribution is 0.0717. The molecule has 0 unspecified atom stereocenters. The van der Waals surface area contributed by atoms with Gasteiger partial charge in [-0.1, -0.05) is 11.6 Å². The van der Waals surface area contributed by atoms with E-state index in [1.54, 1.807) is 7.11 Å². The third-order valence-corrected chi connectivity index (χ3v) is 5.08. The van der Waals surface area contributed by atoms with E-state index in [1.807, 2.05) is 4.90 Å². The number of rotatable bonds is 4. The maximum absolute atomic E-state index is 12.8. The van der Waals surface area contributed by atoms with Crippen molar-refractivity contribution in [3.8, 4) is 0 Å². The molecule has 0 aromatic carbocycles. The number of aromatic amines is 1. The monoisotopic (exact) mass is 339 g/mol. The van der Waals surface area contributed by atoms with Crippen LogP contribution in [0.5, 0.6) is 0 Å². The number of H-pyrrole nitrogens is 1. The van der Waals surface area contributed by atoms with Crippen molar-refractivity contribution < 1.29 is 9.53 Å². The fraction of sp³-hybridized carbons (Fsp3) is 0.625. The number of ether oxygens (including phenoxy) is 1. The average Bonchev–Trinajstić information content (AvgIpc) is 2.86. The van der Waals surface area contributed by atoms with Crippen molar-refractivity contribution in [2.75, 3.05) is 39.9 Å². The minimum absolute atomic E-state index is 0.0513. The molecule has 3 fully saturated rings. The van der Waals surface area contributed by atoms with Crippen molar-refractivity contribution in [3.63, 3.8) is 0 Å². The Kier molecular flexibility index (Phi) is 5.04. The lowest BCUT2D eigenvalue weighted by Gasteiger charge is -2.35. The van der Waals surface area contributed by atoms with Gasteiger partial charge in [0.1, 0.15) is 5.02 Å². The third kappa shape index (κ3) is 3.59. The summed E-state index contributed by atoms with van der Waals surface area (Å²) >= 11 is 5.84. The van der Waals surface area contributed by atoms with Crippen LogP contribution in [-0.2, 0) is 4.74 Å². The number of fused-ring (bicyclic) bond motifs is 4. The van der Waals surface area contributed by atoms with Crippen LogP contribution in [0.25, 0.3) is 0 Å². The normalized spacial score (nSPS) is 24.7. The standard InChI is InChI=1S/C16H22ClN3O3/c1-23-5-4-19-8-11-2-3-13(19)10-20(9-11)16(22)12-6-14(17)15(21)18-7-12/h6-7,11,13H,2-5,8-10H2,1H3,(H,18,21)/t11-,13-/m1/s1. The first-order valence-electron chi connectivity index (χ1n) is 7.99. The molecular weight excluding hydrogens is 318 g/mol. The molecule has 0 radical (unpaired) electrons. The van der Waals surface area contributed by atoms with Crippen LogP contribution in [0.2, 0.25) is 5.02 Å². The minimum atomic E-state index is -0.370. The highest BCUT2D eigenvalue weighted by molar-refractivity contribution is 6.30. The SMILES string of the molecule is COCCN1C[C@H]2CC[C@@H]1CN(C(=O)c1c[nH]c(=O)c(Cl)c1)C2. The maximum Gasteiger partial charge on any atom is 0.266 e. The summed E-state index contributed by atoms with van der Waals surface area (Å²) in [6.45, 7) is 4.12. The predicted molar refractivity (Wildman–Crippen MR) is 87.9 cm³/mol. The van der Waals surface area contributed by atoms with Crippen molar-refractivity contribution in [1.82, 2.24) is 14.8 Å². The molecule has 7 heteroatoms. The Bertz CT molecular complexity index is 633. The number of nitrogens with zero attached hydrogens (tertiary/aromatic N) is 2. The third-order valence-electron chi connectivity index (χ3n) is 4.80. The average molecular weight is 340 g/mol. The van der Waals surface area contributed by atoms with Gasteiger partial charge in [-0.25, -0.2) is 0 Å². The summed E-state index contributed by atoms with van der Waals surface area (Å²) in [6.07, 6.45) is 3.72. The maximum atomic E-state index is 12.8. The highest BCUT2D eigenvalue weighted by Crippen LogP contribution is 2.28. The number of hydrogen-bond acceptors (Lipinski definition) is 4. The van der Waals surface area contributed by atoms with Gasteiger partial charge in [-0.3, -0.25) is 14.5 Å². The quantitative estimate of drug-likeness (QED) is 0.895. The molecule has 0 spiro atoms. The van der Waals surface area contributed by atoms with Crippen LogP contribution < -0.4 is 5.56 Å². The molecule has 1 amide bonds. The number of amides is 1. The van der Waals surface area contributed by atoms with Crippen molar-refractivity contribution in [2.24, 2.45) is 5.92 Å². The van der Waals surface area contributed by atoms with E-state index in [0.717, 1.165) is 39.0 Å². The van der Waals surface area contributed by atoms with E-state index in [-0.39, 0.29) is 16.5 Å². The van der Waals surface area contributed by atoms with Gasteiger partial charge < -0.3 is 14.6 Å². The molecule has 2 atom stereocenters. The molecule has 2 bridgehead atoms. The van der Waals surface area contributed by atoms with E-state index in [9.17, 15) is 9.59 Å². The molecule has 23 heavy (non-hydrogen) atoms. The number of pyridine rings is 1. The van der Waals surface area contributed by atoms with Gasteiger partial charge in [0.2, 0.25) is 0 Å². The van der Waals surface area contributed by atoms with E-state index in [2.05, 4.69) is 9.88 Å². The van der Waals surface area contributed by atoms with Gasteiger partial charge in [-0.2, -0.15) is 0 Å². The molecule has 0 saturated carbocycles. The predicted octanol–water partition coefficient (Wildman–Crippen LogP) is 1.21. The Morgan fingerprint density at radius 3 is 2.96 bits per heavy atom. The smallest absolute Gasteiger partial charge is 0.266 e. The second-order valence-electron chi connectivity index (χ2n) is 6.36. The summed E-state index contributed by atoms with van der Waals surface area (Å²) in [5.74, 6) is 0.432. The molecular formula is C16H22ClN3O3. The molecule has 6 nitrogen and oxygen atoms in total. The number of carbonyl (C=O) groups is 1. The first-order chi connectivity index (χ1) is 11.1. The zero-order valence-corrected chi connectivity index (χ0v) is 14.0. The van der Waals surface area contributed by atoms with Gasteiger partial charge in [-0.15, -0.1) is 0 Å². The van der Waals surface area contributed by atoms with Crippen LogP contribution in [0.1, 0.15) is 23.2 Å². The van der Waals surface area contributed by atoms with Crippen molar-refractivity contribution >= 4 is 17.5 Å². The summed E-state index contributed by atoms with van der Waals surface area (Å²) < 4.78 is 5.19. The Morgan fingerprint density at radius 2 is 2.22 bits per heavy atom. The Balaban J connectivity index is 1.75.